The summed E-state index contributed by atoms with van der Waals surface area (Å²) in [6.07, 6.45) is 1.61. The van der Waals surface area contributed by atoms with Crippen LogP contribution >= 0.6 is 0 Å². The van der Waals surface area contributed by atoms with Crippen LogP contribution in [0.2, 0.25) is 0 Å². The fraction of sp³-hybridized carbons (Fsp3) is 0.286. The molecule has 0 heterocycles. The number of rotatable bonds is 2. The quantitative estimate of drug-likeness (QED) is 0.434. The van der Waals surface area contributed by atoms with E-state index in [0.29, 0.717) is 5.57 Å². The fourth-order valence-corrected chi connectivity index (χ4v) is 0.347. The van der Waals surface area contributed by atoms with Crippen molar-refractivity contribution in [3.8, 4) is 0 Å². The molecule has 0 radical (unpaired) electrons. The Morgan fingerprint density at radius 3 is 2.11 bits per heavy atom. The topological polar surface area (TPSA) is 43.1 Å². The van der Waals surface area contributed by atoms with Crippen LogP contribution in [-0.4, -0.2) is 5.91 Å². The van der Waals surface area contributed by atoms with E-state index in [1.165, 1.54) is 0 Å². The van der Waals surface area contributed by atoms with Gasteiger partial charge in [-0.05, 0) is 19.4 Å². The summed E-state index contributed by atoms with van der Waals surface area (Å²) in [7, 11) is 0. The van der Waals surface area contributed by atoms with E-state index in [4.69, 9.17) is 5.73 Å². The average molecular weight is 125 g/mol. The van der Waals surface area contributed by atoms with E-state index >= 15 is 0 Å². The number of carbonyl (C=O) groups is 1. The number of hydrogen-bond donors (Lipinski definition) is 1. The highest BCUT2D eigenvalue weighted by atomic mass is 16.1. The molecule has 0 unspecified atom stereocenters. The van der Waals surface area contributed by atoms with Crippen LogP contribution in [0.5, 0.6) is 0 Å². The summed E-state index contributed by atoms with van der Waals surface area (Å²) in [5.41, 5.74) is 6.38. The van der Waals surface area contributed by atoms with Crippen LogP contribution in [0.1, 0.15) is 13.8 Å². The van der Waals surface area contributed by atoms with Gasteiger partial charge in [-0.1, -0.05) is 12.7 Å². The van der Waals surface area contributed by atoms with Crippen molar-refractivity contribution in [1.29, 1.82) is 0 Å². The third-order valence-electron chi connectivity index (χ3n) is 1.27. The van der Waals surface area contributed by atoms with E-state index in [9.17, 15) is 4.79 Å². The van der Waals surface area contributed by atoms with Gasteiger partial charge in [-0.15, -0.1) is 0 Å². The lowest BCUT2D eigenvalue weighted by Gasteiger charge is -1.95. The zero-order valence-electron chi connectivity index (χ0n) is 5.77. The molecule has 9 heavy (non-hydrogen) atoms. The molecule has 0 saturated carbocycles. The van der Waals surface area contributed by atoms with Crippen molar-refractivity contribution < 1.29 is 4.79 Å². The van der Waals surface area contributed by atoms with Crippen LogP contribution in [0, 0.1) is 0 Å². The minimum Gasteiger partial charge on any atom is -0.366 e. The zero-order valence-corrected chi connectivity index (χ0v) is 5.77. The summed E-state index contributed by atoms with van der Waals surface area (Å²) >= 11 is 0. The third kappa shape index (κ3) is 2.13. The maximum atomic E-state index is 10.4. The minimum absolute atomic E-state index is 0.382. The Morgan fingerprint density at radius 1 is 1.56 bits per heavy atom. The molecule has 2 N–H and O–H groups in total. The molecule has 0 aromatic heterocycles. The minimum atomic E-state index is -0.382. The molecule has 0 aromatic rings. The molecule has 0 saturated heterocycles. The zero-order chi connectivity index (χ0) is 7.44. The standard InChI is InChI=1S/C7H11NO/c1-4-5(2)6(3)7(8)9/h4H,1H2,2-3H3,(H2,8,9). The lowest BCUT2D eigenvalue weighted by atomic mass is 10.1. The predicted molar refractivity (Wildman–Crippen MR) is 37.8 cm³/mol. The van der Waals surface area contributed by atoms with Gasteiger partial charge >= 0.3 is 0 Å². The maximum Gasteiger partial charge on any atom is 0.244 e. The number of hydrogen-bond acceptors (Lipinski definition) is 1. The molecule has 0 fully saturated rings. The molecule has 2 nitrogen and oxygen atoms in total. The highest BCUT2D eigenvalue weighted by molar-refractivity contribution is 5.92. The molecular weight excluding hydrogens is 114 g/mol. The Morgan fingerprint density at radius 2 is 2.00 bits per heavy atom. The average Bonchev–Trinajstić information content (AvgIpc) is 1.84. The summed E-state index contributed by atoms with van der Waals surface area (Å²) in [5.74, 6) is -0.382. The Bertz CT molecular complexity index is 168. The third-order valence-corrected chi connectivity index (χ3v) is 1.27. The van der Waals surface area contributed by atoms with E-state index in [0.717, 1.165) is 5.57 Å². The molecule has 0 aliphatic rings. The smallest absolute Gasteiger partial charge is 0.244 e. The van der Waals surface area contributed by atoms with Crippen molar-refractivity contribution in [3.05, 3.63) is 23.8 Å². The predicted octanol–water partition coefficient (Wildman–Crippen LogP) is 0.994. The highest BCUT2D eigenvalue weighted by Crippen LogP contribution is 2.01. The van der Waals surface area contributed by atoms with Gasteiger partial charge in [-0.3, -0.25) is 4.79 Å². The lowest BCUT2D eigenvalue weighted by molar-refractivity contribution is -0.114. The van der Waals surface area contributed by atoms with Gasteiger partial charge in [0, 0.05) is 5.57 Å². The number of primary amides is 1. The fourth-order valence-electron chi connectivity index (χ4n) is 0.347. The van der Waals surface area contributed by atoms with Gasteiger partial charge in [0.25, 0.3) is 0 Å². The Hall–Kier alpha value is -1.05. The second-order valence-electron chi connectivity index (χ2n) is 1.88. The van der Waals surface area contributed by atoms with Crippen LogP contribution in [0.25, 0.3) is 0 Å². The van der Waals surface area contributed by atoms with Gasteiger partial charge in [0.1, 0.15) is 0 Å². The summed E-state index contributed by atoms with van der Waals surface area (Å²) in [5, 5.41) is 0. The van der Waals surface area contributed by atoms with Crippen molar-refractivity contribution in [1.82, 2.24) is 0 Å². The van der Waals surface area contributed by atoms with E-state index in [1.54, 1.807) is 19.9 Å². The van der Waals surface area contributed by atoms with E-state index < -0.39 is 0 Å². The molecule has 0 spiro atoms. The van der Waals surface area contributed by atoms with Crippen LogP contribution < -0.4 is 5.73 Å². The Labute approximate surface area is 55.1 Å². The molecule has 0 aliphatic heterocycles. The molecule has 0 rings (SSSR count). The first-order valence-electron chi connectivity index (χ1n) is 2.69. The first-order valence-corrected chi connectivity index (χ1v) is 2.69. The largest absolute Gasteiger partial charge is 0.366 e. The molecule has 0 bridgehead atoms. The summed E-state index contributed by atoms with van der Waals surface area (Å²) in [4.78, 5) is 10.4. The number of carbonyl (C=O) groups excluding carboxylic acids is 1. The molecule has 0 aromatic carbocycles. The van der Waals surface area contributed by atoms with Gasteiger partial charge in [0.05, 0.1) is 0 Å². The number of amides is 1. The molecular formula is C7H11NO. The number of allylic oxidation sites excluding steroid dienone is 2. The van der Waals surface area contributed by atoms with Gasteiger partial charge in [-0.25, -0.2) is 0 Å². The normalized spacial score (nSPS) is 12.2. The molecule has 1 amide bonds. The molecule has 50 valence electrons. The van der Waals surface area contributed by atoms with Gasteiger partial charge in [-0.2, -0.15) is 0 Å². The lowest BCUT2D eigenvalue weighted by Crippen LogP contribution is -2.12. The summed E-state index contributed by atoms with van der Waals surface area (Å²) < 4.78 is 0. The molecule has 0 atom stereocenters. The van der Waals surface area contributed by atoms with Crippen molar-refractivity contribution >= 4 is 5.91 Å². The SMILES string of the molecule is C=CC(C)=C(C)C(N)=O. The van der Waals surface area contributed by atoms with Gasteiger partial charge in [0.15, 0.2) is 0 Å². The molecule has 2 heteroatoms. The summed E-state index contributed by atoms with van der Waals surface area (Å²) in [6.45, 7) is 6.98. The van der Waals surface area contributed by atoms with Crippen molar-refractivity contribution in [2.24, 2.45) is 5.73 Å². The second-order valence-corrected chi connectivity index (χ2v) is 1.88. The van der Waals surface area contributed by atoms with E-state index in [2.05, 4.69) is 6.58 Å². The Balaban J connectivity index is 4.47. The van der Waals surface area contributed by atoms with E-state index in [-0.39, 0.29) is 5.91 Å². The van der Waals surface area contributed by atoms with Crippen LogP contribution in [0.3, 0.4) is 0 Å². The second kappa shape index (κ2) is 3.07. The van der Waals surface area contributed by atoms with E-state index in [1.807, 2.05) is 0 Å². The monoisotopic (exact) mass is 125 g/mol. The Kier molecular flexibility index (Phi) is 2.71. The van der Waals surface area contributed by atoms with Crippen LogP contribution in [0.4, 0.5) is 0 Å². The number of nitrogens with two attached hydrogens (primary N) is 1. The van der Waals surface area contributed by atoms with Crippen molar-refractivity contribution in [2.45, 2.75) is 13.8 Å². The molecule has 0 aliphatic carbocycles. The van der Waals surface area contributed by atoms with Gasteiger partial charge in [0.2, 0.25) is 5.91 Å². The van der Waals surface area contributed by atoms with Gasteiger partial charge < -0.3 is 5.73 Å². The van der Waals surface area contributed by atoms with Crippen molar-refractivity contribution in [3.63, 3.8) is 0 Å². The van der Waals surface area contributed by atoms with Crippen LogP contribution in [0.15, 0.2) is 23.8 Å². The maximum absolute atomic E-state index is 10.4. The first kappa shape index (κ1) is 7.95. The first-order chi connectivity index (χ1) is 4.09. The highest BCUT2D eigenvalue weighted by Gasteiger charge is 1.97. The summed E-state index contributed by atoms with van der Waals surface area (Å²) in [6, 6.07) is 0. The van der Waals surface area contributed by atoms with Crippen LogP contribution in [-0.2, 0) is 4.79 Å². The van der Waals surface area contributed by atoms with Crippen molar-refractivity contribution in [2.75, 3.05) is 0 Å².